The van der Waals surface area contributed by atoms with Crippen LogP contribution in [0.4, 0.5) is 0 Å². The second-order valence-corrected chi connectivity index (χ2v) is 4.39. The van der Waals surface area contributed by atoms with Crippen LogP contribution < -0.4 is 4.74 Å². The summed E-state index contributed by atoms with van der Waals surface area (Å²) in [5.41, 5.74) is 0.442. The second-order valence-electron chi connectivity index (χ2n) is 4.39. The van der Waals surface area contributed by atoms with Gasteiger partial charge in [-0.1, -0.05) is 0 Å². The zero-order valence-electron chi connectivity index (χ0n) is 11.5. The molecule has 0 saturated carbocycles. The third kappa shape index (κ3) is 3.43. The van der Waals surface area contributed by atoms with Gasteiger partial charge in [-0.2, -0.15) is 0 Å². The van der Waals surface area contributed by atoms with Gasteiger partial charge in [-0.25, -0.2) is 9.78 Å². The van der Waals surface area contributed by atoms with Crippen molar-refractivity contribution in [2.45, 2.75) is 32.9 Å². The van der Waals surface area contributed by atoms with Crippen molar-refractivity contribution in [3.8, 4) is 5.88 Å². The van der Waals surface area contributed by atoms with E-state index in [9.17, 15) is 14.7 Å². The van der Waals surface area contributed by atoms with Crippen molar-refractivity contribution in [3.05, 3.63) is 23.9 Å². The number of aliphatic carboxylic acids is 1. The van der Waals surface area contributed by atoms with Crippen molar-refractivity contribution < 1.29 is 19.4 Å². The van der Waals surface area contributed by atoms with Gasteiger partial charge in [0.1, 0.15) is 0 Å². The Hall–Kier alpha value is -2.11. The van der Waals surface area contributed by atoms with E-state index >= 15 is 0 Å². The molecule has 6 nitrogen and oxygen atoms in total. The van der Waals surface area contributed by atoms with E-state index in [0.29, 0.717) is 11.4 Å². The molecule has 1 amide bonds. The summed E-state index contributed by atoms with van der Waals surface area (Å²) >= 11 is 0. The van der Waals surface area contributed by atoms with Gasteiger partial charge in [-0.05, 0) is 19.9 Å². The fourth-order valence-electron chi connectivity index (χ4n) is 1.94. The Morgan fingerprint density at radius 2 is 2.00 bits per heavy atom. The molecule has 0 spiro atoms. The quantitative estimate of drug-likeness (QED) is 0.873. The molecule has 0 bridgehead atoms. The molecule has 6 heteroatoms. The van der Waals surface area contributed by atoms with Gasteiger partial charge in [0.15, 0.2) is 6.04 Å². The van der Waals surface area contributed by atoms with Gasteiger partial charge in [0.05, 0.1) is 7.11 Å². The van der Waals surface area contributed by atoms with Crippen LogP contribution in [0, 0.1) is 0 Å². The summed E-state index contributed by atoms with van der Waals surface area (Å²) in [5, 5.41) is 9.37. The number of carboxylic acids is 1. The van der Waals surface area contributed by atoms with Crippen molar-refractivity contribution in [1.82, 2.24) is 9.88 Å². The van der Waals surface area contributed by atoms with Gasteiger partial charge < -0.3 is 14.7 Å². The molecule has 1 heterocycles. The largest absolute Gasteiger partial charge is 0.481 e. The number of pyridine rings is 1. The number of rotatable bonds is 5. The molecule has 1 rings (SSSR count). The maximum atomic E-state index is 11.6. The Kier molecular flexibility index (Phi) is 4.86. The highest BCUT2D eigenvalue weighted by Gasteiger charge is 2.31. The smallest absolute Gasteiger partial charge is 0.331 e. The fourth-order valence-corrected chi connectivity index (χ4v) is 1.94. The molecule has 19 heavy (non-hydrogen) atoms. The van der Waals surface area contributed by atoms with Crippen molar-refractivity contribution in [2.24, 2.45) is 0 Å². The first kappa shape index (κ1) is 14.9. The van der Waals surface area contributed by atoms with Gasteiger partial charge >= 0.3 is 5.97 Å². The van der Waals surface area contributed by atoms with Crippen molar-refractivity contribution in [1.29, 1.82) is 0 Å². The normalized spacial score (nSPS) is 12.1. The molecule has 0 fully saturated rings. The lowest BCUT2D eigenvalue weighted by molar-refractivity contribution is -0.151. The van der Waals surface area contributed by atoms with Gasteiger partial charge in [0.25, 0.3) is 0 Å². The Balaban J connectivity index is 3.18. The minimum atomic E-state index is -1.09. The summed E-state index contributed by atoms with van der Waals surface area (Å²) in [6, 6.07) is 1.91. The zero-order chi connectivity index (χ0) is 14.6. The molecule has 0 radical (unpaired) electrons. The summed E-state index contributed by atoms with van der Waals surface area (Å²) in [6.07, 6.45) is 1.41. The number of carboxylic acid groups (broad SMARTS) is 1. The maximum Gasteiger partial charge on any atom is 0.331 e. The van der Waals surface area contributed by atoms with E-state index in [0.717, 1.165) is 0 Å². The molecule has 1 unspecified atom stereocenters. The molecule has 0 saturated heterocycles. The maximum absolute atomic E-state index is 11.6. The second kappa shape index (κ2) is 6.17. The molecule has 1 aromatic rings. The Bertz CT molecular complexity index is 456. The minimum absolute atomic E-state index is 0.222. The average Bonchev–Trinajstić information content (AvgIpc) is 2.34. The molecule has 1 atom stereocenters. The molecular formula is C13H18N2O4. The van der Waals surface area contributed by atoms with E-state index in [1.807, 2.05) is 0 Å². The Morgan fingerprint density at radius 3 is 2.32 bits per heavy atom. The fraction of sp³-hybridized carbons (Fsp3) is 0.462. The van der Waals surface area contributed by atoms with E-state index in [4.69, 9.17) is 4.74 Å². The highest BCUT2D eigenvalue weighted by molar-refractivity contribution is 5.83. The topological polar surface area (TPSA) is 79.7 Å². The minimum Gasteiger partial charge on any atom is -0.481 e. The van der Waals surface area contributed by atoms with Crippen LogP contribution in [0.25, 0.3) is 0 Å². The molecule has 0 aromatic carbocycles. The van der Waals surface area contributed by atoms with Crippen LogP contribution in [-0.2, 0) is 9.59 Å². The number of ether oxygens (including phenoxy) is 1. The zero-order valence-corrected chi connectivity index (χ0v) is 11.5. The van der Waals surface area contributed by atoms with Crippen LogP contribution >= 0.6 is 0 Å². The van der Waals surface area contributed by atoms with E-state index in [1.165, 1.54) is 25.1 Å². The number of methoxy groups -OCH3 is 1. The highest BCUT2D eigenvalue weighted by atomic mass is 16.5. The van der Waals surface area contributed by atoms with Gasteiger partial charge in [0, 0.05) is 30.8 Å². The first-order valence-electron chi connectivity index (χ1n) is 5.90. The number of hydrogen-bond donors (Lipinski definition) is 1. The monoisotopic (exact) mass is 266 g/mol. The predicted molar refractivity (Wildman–Crippen MR) is 68.8 cm³/mol. The van der Waals surface area contributed by atoms with Crippen molar-refractivity contribution >= 4 is 11.9 Å². The molecule has 1 aromatic heterocycles. The summed E-state index contributed by atoms with van der Waals surface area (Å²) in [5.74, 6) is -0.985. The molecular weight excluding hydrogens is 248 g/mol. The number of carbonyl (C=O) groups is 2. The van der Waals surface area contributed by atoms with Gasteiger partial charge in [0.2, 0.25) is 11.8 Å². The molecule has 104 valence electrons. The lowest BCUT2D eigenvalue weighted by atomic mass is 10.1. The van der Waals surface area contributed by atoms with E-state index in [2.05, 4.69) is 4.98 Å². The van der Waals surface area contributed by atoms with Crippen LogP contribution in [0.3, 0.4) is 0 Å². The van der Waals surface area contributed by atoms with Crippen LogP contribution in [0.1, 0.15) is 32.4 Å². The number of hydrogen-bond acceptors (Lipinski definition) is 4. The number of nitrogens with zero attached hydrogens (tertiary/aromatic N) is 2. The highest BCUT2D eigenvalue weighted by Crippen LogP contribution is 2.24. The van der Waals surface area contributed by atoms with E-state index < -0.39 is 12.0 Å². The summed E-state index contributed by atoms with van der Waals surface area (Å²) in [4.78, 5) is 28.4. The number of carbonyl (C=O) groups excluding carboxylic acids is 1. The Morgan fingerprint density at radius 1 is 1.37 bits per heavy atom. The summed E-state index contributed by atoms with van der Waals surface area (Å²) in [7, 11) is 1.48. The van der Waals surface area contributed by atoms with Crippen LogP contribution in [0.2, 0.25) is 0 Å². The number of amides is 1. The molecule has 0 aliphatic heterocycles. The SMILES string of the molecule is COc1ccc(C(C(=O)O)N(C(C)=O)C(C)C)cn1. The van der Waals surface area contributed by atoms with Gasteiger partial charge in [-0.15, -0.1) is 0 Å². The Labute approximate surface area is 112 Å². The number of aromatic nitrogens is 1. The summed E-state index contributed by atoms with van der Waals surface area (Å²) < 4.78 is 4.93. The summed E-state index contributed by atoms with van der Waals surface area (Å²) in [6.45, 7) is 4.90. The predicted octanol–water partition coefficient (Wildman–Crippen LogP) is 1.47. The van der Waals surface area contributed by atoms with Gasteiger partial charge in [-0.3, -0.25) is 4.79 Å². The molecule has 0 aliphatic carbocycles. The molecule has 0 aliphatic rings. The van der Waals surface area contributed by atoms with Crippen molar-refractivity contribution in [3.63, 3.8) is 0 Å². The standard InChI is InChI=1S/C13H18N2O4/c1-8(2)15(9(3)16)12(13(17)18)10-5-6-11(19-4)14-7-10/h5-8,12H,1-4H3,(H,17,18). The lowest BCUT2D eigenvalue weighted by Gasteiger charge is -2.31. The first-order chi connectivity index (χ1) is 8.88. The van der Waals surface area contributed by atoms with Crippen LogP contribution in [0.15, 0.2) is 18.3 Å². The third-order valence-electron chi connectivity index (χ3n) is 2.72. The lowest BCUT2D eigenvalue weighted by Crippen LogP contribution is -2.42. The van der Waals surface area contributed by atoms with Crippen LogP contribution in [0.5, 0.6) is 5.88 Å². The van der Waals surface area contributed by atoms with E-state index in [-0.39, 0.29) is 11.9 Å². The third-order valence-corrected chi connectivity index (χ3v) is 2.72. The van der Waals surface area contributed by atoms with Crippen molar-refractivity contribution in [2.75, 3.05) is 7.11 Å². The van der Waals surface area contributed by atoms with E-state index in [1.54, 1.807) is 26.0 Å². The molecule has 1 N–H and O–H groups in total. The van der Waals surface area contributed by atoms with Crippen LogP contribution in [-0.4, -0.2) is 40.0 Å². The average molecular weight is 266 g/mol. The first-order valence-corrected chi connectivity index (χ1v) is 5.90.